The lowest BCUT2D eigenvalue weighted by molar-refractivity contribution is -0.121. The Bertz CT molecular complexity index is 1000. The second-order valence-corrected chi connectivity index (χ2v) is 6.82. The van der Waals surface area contributed by atoms with E-state index in [4.69, 9.17) is 4.74 Å². The van der Waals surface area contributed by atoms with Crippen molar-refractivity contribution in [2.45, 2.75) is 32.2 Å². The summed E-state index contributed by atoms with van der Waals surface area (Å²) in [6, 6.07) is 15.1. The van der Waals surface area contributed by atoms with E-state index in [1.54, 1.807) is 31.4 Å². The van der Waals surface area contributed by atoms with Gasteiger partial charge in [-0.3, -0.25) is 14.5 Å². The molecule has 2 heterocycles. The summed E-state index contributed by atoms with van der Waals surface area (Å²) in [5, 5.41) is 1.05. The minimum atomic E-state index is -0.442. The summed E-state index contributed by atoms with van der Waals surface area (Å²) in [4.78, 5) is 27.1. The van der Waals surface area contributed by atoms with Crippen LogP contribution in [0.25, 0.3) is 10.9 Å². The number of fused-ring (bicyclic) bond motifs is 1. The van der Waals surface area contributed by atoms with E-state index in [1.807, 2.05) is 24.4 Å². The van der Waals surface area contributed by atoms with Gasteiger partial charge in [-0.15, -0.1) is 0 Å². The number of hydrogen-bond acceptors (Lipinski definition) is 3. The van der Waals surface area contributed by atoms with Crippen molar-refractivity contribution in [3.63, 3.8) is 0 Å². The number of imide groups is 1. The zero-order valence-corrected chi connectivity index (χ0v) is 15.5. The van der Waals surface area contributed by atoms with Gasteiger partial charge in [-0.25, -0.2) is 0 Å². The zero-order chi connectivity index (χ0) is 19.0. The molecule has 27 heavy (non-hydrogen) atoms. The van der Waals surface area contributed by atoms with Crippen LogP contribution in [0.2, 0.25) is 0 Å². The van der Waals surface area contributed by atoms with Gasteiger partial charge in [0.05, 0.1) is 18.7 Å². The first-order valence-electron chi connectivity index (χ1n) is 9.22. The smallest absolute Gasteiger partial charge is 0.241 e. The van der Waals surface area contributed by atoms with Crippen molar-refractivity contribution < 1.29 is 14.3 Å². The Morgan fingerprint density at radius 1 is 1.07 bits per heavy atom. The average molecular weight is 362 g/mol. The van der Waals surface area contributed by atoms with E-state index in [-0.39, 0.29) is 18.2 Å². The van der Waals surface area contributed by atoms with Crippen LogP contribution in [0.15, 0.2) is 54.7 Å². The standard InChI is InChI=1S/C22H22N2O3/c1-3-12-23-14-19(17-6-4-5-7-20(17)23)18-13-21(25)24(22(18)26)15-8-10-16(27-2)11-9-15/h4-11,14,18H,3,12-13H2,1-2H3/t18-/m0/s1. The summed E-state index contributed by atoms with van der Waals surface area (Å²) in [5.41, 5.74) is 2.64. The molecule has 0 N–H and O–H groups in total. The van der Waals surface area contributed by atoms with Crippen LogP contribution < -0.4 is 9.64 Å². The molecule has 138 valence electrons. The number of benzene rings is 2. The van der Waals surface area contributed by atoms with Crippen LogP contribution in [0.5, 0.6) is 5.75 Å². The SMILES string of the molecule is CCCn1cc([C@@H]2CC(=O)N(c3ccc(OC)cc3)C2=O)c2ccccc21. The predicted octanol–water partition coefficient (Wildman–Crippen LogP) is 4.11. The Hall–Kier alpha value is -3.08. The van der Waals surface area contributed by atoms with Gasteiger partial charge in [-0.1, -0.05) is 25.1 Å². The molecule has 0 spiro atoms. The largest absolute Gasteiger partial charge is 0.497 e. The zero-order valence-electron chi connectivity index (χ0n) is 15.5. The minimum Gasteiger partial charge on any atom is -0.497 e. The Balaban J connectivity index is 1.72. The molecular formula is C22H22N2O3. The lowest BCUT2D eigenvalue weighted by Crippen LogP contribution is -2.29. The Kier molecular flexibility index (Phi) is 4.44. The van der Waals surface area contributed by atoms with Gasteiger partial charge < -0.3 is 9.30 Å². The third-order valence-electron chi connectivity index (χ3n) is 5.14. The lowest BCUT2D eigenvalue weighted by atomic mass is 9.97. The minimum absolute atomic E-state index is 0.162. The summed E-state index contributed by atoms with van der Waals surface area (Å²) in [6.07, 6.45) is 3.25. The van der Waals surface area contributed by atoms with Crippen LogP contribution in [0.1, 0.15) is 31.2 Å². The van der Waals surface area contributed by atoms with Crippen LogP contribution >= 0.6 is 0 Å². The monoisotopic (exact) mass is 362 g/mol. The van der Waals surface area contributed by atoms with Gasteiger partial charge in [0, 0.05) is 30.1 Å². The maximum Gasteiger partial charge on any atom is 0.241 e. The molecule has 1 aromatic heterocycles. The third-order valence-corrected chi connectivity index (χ3v) is 5.14. The van der Waals surface area contributed by atoms with Crippen molar-refractivity contribution in [3.05, 3.63) is 60.3 Å². The highest BCUT2D eigenvalue weighted by molar-refractivity contribution is 6.23. The van der Waals surface area contributed by atoms with E-state index in [2.05, 4.69) is 17.6 Å². The number of para-hydroxylation sites is 1. The first-order chi connectivity index (χ1) is 13.1. The maximum atomic E-state index is 13.1. The van der Waals surface area contributed by atoms with Gasteiger partial charge in [-0.05, 0) is 42.3 Å². The number of aromatic nitrogens is 1. The van der Waals surface area contributed by atoms with Gasteiger partial charge >= 0.3 is 0 Å². The number of anilines is 1. The van der Waals surface area contributed by atoms with Gasteiger partial charge in [0.2, 0.25) is 11.8 Å². The fourth-order valence-electron chi connectivity index (χ4n) is 3.86. The molecule has 4 rings (SSSR count). The highest BCUT2D eigenvalue weighted by Gasteiger charge is 2.41. The molecule has 5 nitrogen and oxygen atoms in total. The van der Waals surface area contributed by atoms with Gasteiger partial charge in [-0.2, -0.15) is 0 Å². The number of amides is 2. The van der Waals surface area contributed by atoms with E-state index < -0.39 is 5.92 Å². The number of methoxy groups -OCH3 is 1. The van der Waals surface area contributed by atoms with Crippen LogP contribution in [-0.4, -0.2) is 23.5 Å². The summed E-state index contributed by atoms with van der Waals surface area (Å²) >= 11 is 0. The quantitative estimate of drug-likeness (QED) is 0.642. The Morgan fingerprint density at radius 3 is 2.52 bits per heavy atom. The molecule has 0 radical (unpaired) electrons. The van der Waals surface area contributed by atoms with Crippen molar-refractivity contribution >= 4 is 28.4 Å². The number of nitrogens with zero attached hydrogens (tertiary/aromatic N) is 2. The molecule has 2 amide bonds. The number of hydrogen-bond donors (Lipinski definition) is 0. The molecule has 2 aromatic carbocycles. The number of ether oxygens (including phenoxy) is 1. The van der Waals surface area contributed by atoms with Crippen molar-refractivity contribution in [1.29, 1.82) is 0 Å². The summed E-state index contributed by atoms with van der Waals surface area (Å²) < 4.78 is 7.34. The maximum absolute atomic E-state index is 13.1. The van der Waals surface area contributed by atoms with Gasteiger partial charge in [0.1, 0.15) is 5.75 Å². The molecule has 5 heteroatoms. The number of carbonyl (C=O) groups excluding carboxylic acids is 2. The second kappa shape index (κ2) is 6.91. The van der Waals surface area contributed by atoms with Crippen LogP contribution in [0.4, 0.5) is 5.69 Å². The molecule has 0 bridgehead atoms. The Morgan fingerprint density at radius 2 is 1.81 bits per heavy atom. The summed E-state index contributed by atoms with van der Waals surface area (Å²) in [7, 11) is 1.59. The Labute approximate surface area is 158 Å². The molecule has 1 atom stereocenters. The van der Waals surface area contributed by atoms with E-state index >= 15 is 0 Å². The first kappa shape index (κ1) is 17.3. The lowest BCUT2D eigenvalue weighted by Gasteiger charge is -2.15. The van der Waals surface area contributed by atoms with Crippen LogP contribution in [0.3, 0.4) is 0 Å². The number of carbonyl (C=O) groups is 2. The number of aryl methyl sites for hydroxylation is 1. The van der Waals surface area contributed by atoms with Crippen molar-refractivity contribution in [1.82, 2.24) is 4.57 Å². The van der Waals surface area contributed by atoms with Crippen LogP contribution in [-0.2, 0) is 16.1 Å². The fraction of sp³-hybridized carbons (Fsp3) is 0.273. The topological polar surface area (TPSA) is 51.5 Å². The second-order valence-electron chi connectivity index (χ2n) is 6.82. The highest BCUT2D eigenvalue weighted by atomic mass is 16.5. The molecule has 0 unspecified atom stereocenters. The molecule has 0 aliphatic carbocycles. The molecule has 0 saturated carbocycles. The number of rotatable bonds is 5. The predicted molar refractivity (Wildman–Crippen MR) is 105 cm³/mol. The van der Waals surface area contributed by atoms with Crippen molar-refractivity contribution in [3.8, 4) is 5.75 Å². The highest BCUT2D eigenvalue weighted by Crippen LogP contribution is 2.37. The van der Waals surface area contributed by atoms with E-state index in [9.17, 15) is 9.59 Å². The molecule has 3 aromatic rings. The molecule has 1 aliphatic rings. The summed E-state index contributed by atoms with van der Waals surface area (Å²) in [5.74, 6) is -0.0771. The summed E-state index contributed by atoms with van der Waals surface area (Å²) in [6.45, 7) is 3.02. The molecule has 1 fully saturated rings. The van der Waals surface area contributed by atoms with Crippen molar-refractivity contribution in [2.24, 2.45) is 0 Å². The van der Waals surface area contributed by atoms with Crippen molar-refractivity contribution in [2.75, 3.05) is 12.0 Å². The van der Waals surface area contributed by atoms with Gasteiger partial charge in [0.15, 0.2) is 0 Å². The first-order valence-corrected chi connectivity index (χ1v) is 9.22. The van der Waals surface area contributed by atoms with Gasteiger partial charge in [0.25, 0.3) is 0 Å². The molecular weight excluding hydrogens is 340 g/mol. The normalized spacial score (nSPS) is 17.1. The van der Waals surface area contributed by atoms with E-state index in [0.29, 0.717) is 11.4 Å². The molecule has 1 saturated heterocycles. The molecule has 1 aliphatic heterocycles. The van der Waals surface area contributed by atoms with E-state index in [0.717, 1.165) is 29.4 Å². The average Bonchev–Trinajstić information content (AvgIpc) is 3.19. The van der Waals surface area contributed by atoms with E-state index in [1.165, 1.54) is 4.90 Å². The third kappa shape index (κ3) is 2.89. The fourth-order valence-corrected chi connectivity index (χ4v) is 3.86. The van der Waals surface area contributed by atoms with Crippen LogP contribution in [0, 0.1) is 0 Å².